The van der Waals surface area contributed by atoms with E-state index in [1.54, 1.807) is 0 Å². The maximum Gasteiger partial charge on any atom is 0.310 e. The van der Waals surface area contributed by atoms with E-state index in [0.717, 1.165) is 6.07 Å². The van der Waals surface area contributed by atoms with Gasteiger partial charge in [0.25, 0.3) is 0 Å². The summed E-state index contributed by atoms with van der Waals surface area (Å²) in [7, 11) is 1.23. The molecule has 0 aliphatic rings. The number of rotatable bonds is 3. The zero-order chi connectivity index (χ0) is 11.6. The summed E-state index contributed by atoms with van der Waals surface area (Å²) in [6.07, 6.45) is 0. The molecule has 82 valence electrons. The molecular weight excluding hydrogens is 206 g/mol. The van der Waals surface area contributed by atoms with Crippen molar-refractivity contribution in [3.05, 3.63) is 29.3 Å². The molecule has 1 rings (SSSR count). The van der Waals surface area contributed by atoms with Crippen LogP contribution in [0, 0.1) is 11.6 Å². The highest BCUT2D eigenvalue weighted by molar-refractivity contribution is 5.75. The number of hydrogen-bond donors (Lipinski definition) is 1. The Labute approximate surface area is 85.3 Å². The van der Waals surface area contributed by atoms with Crippen LogP contribution in [0.3, 0.4) is 0 Å². The summed E-state index contributed by atoms with van der Waals surface area (Å²) in [6, 6.07) is 1.68. The summed E-state index contributed by atoms with van der Waals surface area (Å²) in [6.45, 7) is 1.32. The number of carbonyl (C=O) groups is 1. The molecule has 0 aliphatic heterocycles. The van der Waals surface area contributed by atoms with Gasteiger partial charge >= 0.3 is 5.97 Å². The molecule has 5 heteroatoms. The number of methoxy groups -OCH3 is 1. The molecule has 0 aliphatic carbocycles. The minimum atomic E-state index is -1.18. The van der Waals surface area contributed by atoms with Gasteiger partial charge in [0, 0.05) is 11.6 Å². The second kappa shape index (κ2) is 4.25. The van der Waals surface area contributed by atoms with Crippen LogP contribution < -0.4 is 4.74 Å². The summed E-state index contributed by atoms with van der Waals surface area (Å²) in [5.41, 5.74) is -0.0965. The van der Waals surface area contributed by atoms with Gasteiger partial charge in [-0.1, -0.05) is 0 Å². The van der Waals surface area contributed by atoms with Gasteiger partial charge in [-0.05, 0) is 13.0 Å². The molecule has 1 atom stereocenters. The lowest BCUT2D eigenvalue weighted by Crippen LogP contribution is -2.10. The average molecular weight is 216 g/mol. The van der Waals surface area contributed by atoms with Crippen LogP contribution in [0.15, 0.2) is 12.1 Å². The molecule has 1 aromatic carbocycles. The summed E-state index contributed by atoms with van der Waals surface area (Å²) >= 11 is 0. The lowest BCUT2D eigenvalue weighted by molar-refractivity contribution is -0.138. The van der Waals surface area contributed by atoms with Crippen LogP contribution in [0.2, 0.25) is 0 Å². The van der Waals surface area contributed by atoms with Crippen molar-refractivity contribution in [1.29, 1.82) is 0 Å². The van der Waals surface area contributed by atoms with Crippen molar-refractivity contribution in [3.63, 3.8) is 0 Å². The predicted octanol–water partition coefficient (Wildman–Crippen LogP) is 2.16. The maximum absolute atomic E-state index is 13.2. The van der Waals surface area contributed by atoms with Crippen LogP contribution in [0.1, 0.15) is 18.4 Å². The van der Waals surface area contributed by atoms with Crippen LogP contribution >= 0.6 is 0 Å². The van der Waals surface area contributed by atoms with Crippen molar-refractivity contribution in [1.82, 2.24) is 0 Å². The number of carboxylic acids is 1. The molecule has 0 bridgehead atoms. The van der Waals surface area contributed by atoms with Crippen molar-refractivity contribution >= 4 is 5.97 Å². The topological polar surface area (TPSA) is 46.5 Å². The van der Waals surface area contributed by atoms with E-state index in [2.05, 4.69) is 4.74 Å². The number of benzene rings is 1. The SMILES string of the molecule is COc1cc(C(C)C(=O)O)c(F)cc1F. The van der Waals surface area contributed by atoms with E-state index in [4.69, 9.17) is 5.11 Å². The van der Waals surface area contributed by atoms with Gasteiger partial charge in [0.1, 0.15) is 5.82 Å². The summed E-state index contributed by atoms with van der Waals surface area (Å²) in [5.74, 6) is -4.12. The Kier molecular flexibility index (Phi) is 3.24. The first-order chi connectivity index (χ1) is 6.97. The van der Waals surface area contributed by atoms with Gasteiger partial charge in [-0.2, -0.15) is 0 Å². The number of halogens is 2. The molecule has 1 unspecified atom stereocenters. The summed E-state index contributed by atoms with van der Waals surface area (Å²) in [4.78, 5) is 10.6. The molecule has 0 fully saturated rings. The first-order valence-electron chi connectivity index (χ1n) is 4.23. The molecule has 1 N–H and O–H groups in total. The average Bonchev–Trinajstić information content (AvgIpc) is 2.17. The van der Waals surface area contributed by atoms with Crippen LogP contribution in [0.5, 0.6) is 5.75 Å². The molecule has 0 saturated carbocycles. The fraction of sp³-hybridized carbons (Fsp3) is 0.300. The van der Waals surface area contributed by atoms with Gasteiger partial charge in [-0.25, -0.2) is 8.78 Å². The largest absolute Gasteiger partial charge is 0.494 e. The monoisotopic (exact) mass is 216 g/mol. The Bertz CT molecular complexity index is 390. The molecule has 0 heterocycles. The van der Waals surface area contributed by atoms with E-state index in [-0.39, 0.29) is 11.3 Å². The molecule has 1 aromatic rings. The predicted molar refractivity (Wildman–Crippen MR) is 49.0 cm³/mol. The molecular formula is C10H10F2O3. The third-order valence-electron chi connectivity index (χ3n) is 2.11. The van der Waals surface area contributed by atoms with E-state index in [9.17, 15) is 13.6 Å². The number of aliphatic carboxylic acids is 1. The van der Waals surface area contributed by atoms with E-state index in [1.165, 1.54) is 14.0 Å². The molecule has 0 radical (unpaired) electrons. The highest BCUT2D eigenvalue weighted by Crippen LogP contribution is 2.26. The normalized spacial score (nSPS) is 12.3. The summed E-state index contributed by atoms with van der Waals surface area (Å²) in [5, 5.41) is 8.69. The first kappa shape index (κ1) is 11.4. The van der Waals surface area contributed by atoms with Crippen molar-refractivity contribution in [3.8, 4) is 5.75 Å². The standard InChI is InChI=1S/C10H10F2O3/c1-5(10(13)14)6-3-9(15-2)8(12)4-7(6)11/h3-5H,1-2H3,(H,13,14). The maximum atomic E-state index is 13.2. The Morgan fingerprint density at radius 3 is 2.47 bits per heavy atom. The molecule has 0 amide bonds. The quantitative estimate of drug-likeness (QED) is 0.842. The van der Waals surface area contributed by atoms with E-state index >= 15 is 0 Å². The van der Waals surface area contributed by atoms with Crippen LogP contribution in [-0.2, 0) is 4.79 Å². The van der Waals surface area contributed by atoms with Crippen LogP contribution in [0.4, 0.5) is 8.78 Å². The van der Waals surface area contributed by atoms with Gasteiger partial charge in [0.15, 0.2) is 11.6 Å². The second-order valence-corrected chi connectivity index (χ2v) is 3.07. The molecule has 3 nitrogen and oxygen atoms in total. The zero-order valence-corrected chi connectivity index (χ0v) is 8.25. The fourth-order valence-corrected chi connectivity index (χ4v) is 1.17. The van der Waals surface area contributed by atoms with Gasteiger partial charge < -0.3 is 9.84 Å². The molecule has 0 spiro atoms. The molecule has 0 aromatic heterocycles. The first-order valence-corrected chi connectivity index (χ1v) is 4.23. The van der Waals surface area contributed by atoms with Crippen molar-refractivity contribution in [2.45, 2.75) is 12.8 Å². The van der Waals surface area contributed by atoms with E-state index in [1.807, 2.05) is 0 Å². The van der Waals surface area contributed by atoms with Gasteiger partial charge in [0.05, 0.1) is 13.0 Å². The minimum Gasteiger partial charge on any atom is -0.494 e. The zero-order valence-electron chi connectivity index (χ0n) is 8.25. The number of carboxylic acid groups (broad SMARTS) is 1. The highest BCUT2D eigenvalue weighted by atomic mass is 19.1. The smallest absolute Gasteiger partial charge is 0.310 e. The molecule has 15 heavy (non-hydrogen) atoms. The Balaban J connectivity index is 3.24. The van der Waals surface area contributed by atoms with Crippen LogP contribution in [0.25, 0.3) is 0 Å². The third kappa shape index (κ3) is 2.23. The van der Waals surface area contributed by atoms with Crippen molar-refractivity contribution in [2.24, 2.45) is 0 Å². The minimum absolute atomic E-state index is 0.0965. The van der Waals surface area contributed by atoms with Crippen LogP contribution in [-0.4, -0.2) is 18.2 Å². The van der Waals surface area contributed by atoms with Crippen molar-refractivity contribution < 1.29 is 23.4 Å². The van der Waals surface area contributed by atoms with Gasteiger partial charge in [0.2, 0.25) is 0 Å². The Hall–Kier alpha value is -1.65. The molecule has 0 saturated heterocycles. The third-order valence-corrected chi connectivity index (χ3v) is 2.11. The van der Waals surface area contributed by atoms with Gasteiger partial charge in [-0.3, -0.25) is 4.79 Å². The fourth-order valence-electron chi connectivity index (χ4n) is 1.17. The van der Waals surface area contributed by atoms with Crippen molar-refractivity contribution in [2.75, 3.05) is 7.11 Å². The van der Waals surface area contributed by atoms with Gasteiger partial charge in [-0.15, -0.1) is 0 Å². The van der Waals surface area contributed by atoms with E-state index in [0.29, 0.717) is 6.07 Å². The Morgan fingerprint density at radius 1 is 1.40 bits per heavy atom. The van der Waals surface area contributed by atoms with E-state index < -0.39 is 23.5 Å². The number of hydrogen-bond acceptors (Lipinski definition) is 2. The number of ether oxygens (including phenoxy) is 1. The lowest BCUT2D eigenvalue weighted by atomic mass is 10.0. The highest BCUT2D eigenvalue weighted by Gasteiger charge is 2.20. The summed E-state index contributed by atoms with van der Waals surface area (Å²) < 4.78 is 30.8. The Morgan fingerprint density at radius 2 is 2.00 bits per heavy atom. The second-order valence-electron chi connectivity index (χ2n) is 3.07. The lowest BCUT2D eigenvalue weighted by Gasteiger charge is -2.10.